The lowest BCUT2D eigenvalue weighted by Crippen LogP contribution is -2.37. The lowest BCUT2D eigenvalue weighted by molar-refractivity contribution is -0.128. The first kappa shape index (κ1) is 16.0. The van der Waals surface area contributed by atoms with Gasteiger partial charge in [0.1, 0.15) is 4.88 Å². The van der Waals surface area contributed by atoms with Crippen LogP contribution in [-0.2, 0) is 11.3 Å². The Morgan fingerprint density at radius 3 is 2.96 bits per heavy atom. The fourth-order valence-electron chi connectivity index (χ4n) is 2.62. The highest BCUT2D eigenvalue weighted by Crippen LogP contribution is 2.21. The van der Waals surface area contributed by atoms with Gasteiger partial charge in [-0.05, 0) is 18.6 Å². The Labute approximate surface area is 143 Å². The summed E-state index contributed by atoms with van der Waals surface area (Å²) in [5.74, 6) is -0.140. The molecule has 7 heteroatoms. The Morgan fingerprint density at radius 2 is 2.26 bits per heavy atom. The highest BCUT2D eigenvalue weighted by atomic mass is 35.5. The molecule has 0 radical (unpaired) electrons. The molecule has 2 amide bonds. The van der Waals surface area contributed by atoms with Crippen LogP contribution in [0.3, 0.4) is 0 Å². The highest BCUT2D eigenvalue weighted by molar-refractivity contribution is 7.11. The zero-order valence-electron chi connectivity index (χ0n) is 12.6. The number of hydrogen-bond acceptors (Lipinski definition) is 4. The number of hydrogen-bond donors (Lipinski definition) is 1. The van der Waals surface area contributed by atoms with Crippen molar-refractivity contribution in [3.05, 3.63) is 50.9 Å². The second-order valence-electron chi connectivity index (χ2n) is 5.51. The molecule has 0 unspecified atom stereocenters. The number of carbonyl (C=O) groups excluding carboxylic acids is 2. The van der Waals surface area contributed by atoms with Crippen LogP contribution in [0.15, 0.2) is 29.8 Å². The third-order valence-corrected chi connectivity index (χ3v) is 5.12. The van der Waals surface area contributed by atoms with Gasteiger partial charge in [-0.15, -0.1) is 11.3 Å². The average Bonchev–Trinajstić information content (AvgIpc) is 3.08. The number of benzene rings is 1. The first-order chi connectivity index (χ1) is 11.0. The molecule has 5 nitrogen and oxygen atoms in total. The van der Waals surface area contributed by atoms with E-state index in [2.05, 4.69) is 10.3 Å². The van der Waals surface area contributed by atoms with Crippen LogP contribution in [0.5, 0.6) is 0 Å². The molecule has 0 saturated carbocycles. The third kappa shape index (κ3) is 3.54. The van der Waals surface area contributed by atoms with E-state index in [9.17, 15) is 9.59 Å². The molecular weight excluding hydrogens is 334 g/mol. The van der Waals surface area contributed by atoms with E-state index >= 15 is 0 Å². The fourth-order valence-corrected chi connectivity index (χ4v) is 3.53. The average molecular weight is 350 g/mol. The lowest BCUT2D eigenvalue weighted by atomic mass is 10.2. The molecule has 0 bridgehead atoms. The molecule has 1 aliphatic rings. The molecule has 1 N–H and O–H groups in total. The Balaban J connectivity index is 1.63. The van der Waals surface area contributed by atoms with Crippen LogP contribution in [0.4, 0.5) is 0 Å². The molecule has 0 spiro atoms. The lowest BCUT2D eigenvalue weighted by Gasteiger charge is -2.18. The summed E-state index contributed by atoms with van der Waals surface area (Å²) >= 11 is 7.45. The molecule has 1 aromatic heterocycles. The van der Waals surface area contributed by atoms with Gasteiger partial charge < -0.3 is 10.2 Å². The van der Waals surface area contributed by atoms with E-state index in [0.717, 1.165) is 5.56 Å². The standard InChI is InChI=1S/C16H16ClN3O2S/c1-10-15(23-9-18-10)16(22)19-12-6-14(21)20(8-12)7-11-4-2-3-5-13(11)17/h2-5,9,12H,6-8H2,1H3,(H,19,22)/t12-/m1/s1. The molecule has 120 valence electrons. The van der Waals surface area contributed by atoms with Gasteiger partial charge in [0.15, 0.2) is 0 Å². The van der Waals surface area contributed by atoms with Crippen molar-refractivity contribution in [3.63, 3.8) is 0 Å². The fraction of sp³-hybridized carbons (Fsp3) is 0.312. The first-order valence-corrected chi connectivity index (χ1v) is 8.52. The van der Waals surface area contributed by atoms with Gasteiger partial charge in [-0.1, -0.05) is 29.8 Å². The normalized spacial score (nSPS) is 17.6. The SMILES string of the molecule is Cc1ncsc1C(=O)N[C@@H]1CC(=O)N(Cc2ccccc2Cl)C1. The predicted octanol–water partition coefficient (Wildman–Crippen LogP) is 2.64. The van der Waals surface area contributed by atoms with Crippen molar-refractivity contribution in [1.82, 2.24) is 15.2 Å². The first-order valence-electron chi connectivity index (χ1n) is 7.26. The Bertz CT molecular complexity index is 746. The Hall–Kier alpha value is -1.92. The van der Waals surface area contributed by atoms with E-state index < -0.39 is 0 Å². The largest absolute Gasteiger partial charge is 0.346 e. The van der Waals surface area contributed by atoms with Crippen LogP contribution in [0.25, 0.3) is 0 Å². The molecule has 3 rings (SSSR count). The molecule has 1 aliphatic heterocycles. The molecule has 1 aromatic carbocycles. The van der Waals surface area contributed by atoms with Crippen LogP contribution in [0.1, 0.15) is 27.3 Å². The summed E-state index contributed by atoms with van der Waals surface area (Å²) < 4.78 is 0. The number of carbonyl (C=O) groups is 2. The summed E-state index contributed by atoms with van der Waals surface area (Å²) in [7, 11) is 0. The molecule has 1 fully saturated rings. The minimum atomic E-state index is -0.181. The van der Waals surface area contributed by atoms with E-state index in [0.29, 0.717) is 35.1 Å². The van der Waals surface area contributed by atoms with Gasteiger partial charge in [-0.2, -0.15) is 0 Å². The maximum atomic E-state index is 12.2. The minimum absolute atomic E-state index is 0.0243. The summed E-state index contributed by atoms with van der Waals surface area (Å²) in [5.41, 5.74) is 3.27. The van der Waals surface area contributed by atoms with Gasteiger partial charge in [0.05, 0.1) is 17.2 Å². The van der Waals surface area contributed by atoms with E-state index in [4.69, 9.17) is 11.6 Å². The summed E-state index contributed by atoms with van der Waals surface area (Å²) in [5, 5.41) is 3.57. The van der Waals surface area contributed by atoms with Crippen molar-refractivity contribution >= 4 is 34.8 Å². The summed E-state index contributed by atoms with van der Waals surface area (Å²) in [6, 6.07) is 7.29. The Kier molecular flexibility index (Phi) is 4.63. The van der Waals surface area contributed by atoms with Gasteiger partial charge in [0.2, 0.25) is 5.91 Å². The summed E-state index contributed by atoms with van der Waals surface area (Å²) in [4.78, 5) is 30.8. The number of nitrogens with one attached hydrogen (secondary N) is 1. The number of rotatable bonds is 4. The smallest absolute Gasteiger partial charge is 0.263 e. The van der Waals surface area contributed by atoms with Crippen molar-refractivity contribution in [2.45, 2.75) is 25.9 Å². The molecule has 23 heavy (non-hydrogen) atoms. The monoisotopic (exact) mass is 349 g/mol. The van der Waals surface area contributed by atoms with Gasteiger partial charge in [-0.25, -0.2) is 4.98 Å². The number of thiazole rings is 1. The minimum Gasteiger partial charge on any atom is -0.346 e. The summed E-state index contributed by atoms with van der Waals surface area (Å²) in [6.45, 7) is 2.76. The number of amides is 2. The second kappa shape index (κ2) is 6.68. The molecule has 0 aliphatic carbocycles. The number of halogens is 1. The topological polar surface area (TPSA) is 62.3 Å². The molecule has 1 saturated heterocycles. The van der Waals surface area contributed by atoms with Crippen LogP contribution in [0, 0.1) is 6.92 Å². The van der Waals surface area contributed by atoms with Gasteiger partial charge in [0.25, 0.3) is 5.91 Å². The molecule has 1 atom stereocenters. The number of aromatic nitrogens is 1. The highest BCUT2D eigenvalue weighted by Gasteiger charge is 2.31. The quantitative estimate of drug-likeness (QED) is 0.923. The van der Waals surface area contributed by atoms with E-state index in [1.807, 2.05) is 24.3 Å². The van der Waals surface area contributed by atoms with Crippen LogP contribution in [0.2, 0.25) is 5.02 Å². The van der Waals surface area contributed by atoms with Gasteiger partial charge in [0, 0.05) is 24.5 Å². The van der Waals surface area contributed by atoms with Crippen molar-refractivity contribution in [2.24, 2.45) is 0 Å². The third-order valence-electron chi connectivity index (χ3n) is 3.82. The van der Waals surface area contributed by atoms with Crippen LogP contribution in [-0.4, -0.2) is 34.3 Å². The molecule has 2 heterocycles. The van der Waals surface area contributed by atoms with Crippen LogP contribution >= 0.6 is 22.9 Å². The van der Waals surface area contributed by atoms with Crippen molar-refractivity contribution in [1.29, 1.82) is 0 Å². The van der Waals surface area contributed by atoms with Crippen molar-refractivity contribution < 1.29 is 9.59 Å². The van der Waals surface area contributed by atoms with Gasteiger partial charge >= 0.3 is 0 Å². The van der Waals surface area contributed by atoms with E-state index in [1.165, 1.54) is 11.3 Å². The predicted molar refractivity (Wildman–Crippen MR) is 89.6 cm³/mol. The van der Waals surface area contributed by atoms with Crippen molar-refractivity contribution in [3.8, 4) is 0 Å². The number of likely N-dealkylation sites (tertiary alicyclic amines) is 1. The van der Waals surface area contributed by atoms with E-state index in [1.54, 1.807) is 17.3 Å². The summed E-state index contributed by atoms with van der Waals surface area (Å²) in [6.07, 6.45) is 0.314. The maximum Gasteiger partial charge on any atom is 0.263 e. The zero-order valence-corrected chi connectivity index (χ0v) is 14.2. The number of nitrogens with zero attached hydrogens (tertiary/aromatic N) is 2. The van der Waals surface area contributed by atoms with Gasteiger partial charge in [-0.3, -0.25) is 9.59 Å². The molecular formula is C16H16ClN3O2S. The van der Waals surface area contributed by atoms with Crippen molar-refractivity contribution in [2.75, 3.05) is 6.54 Å². The van der Waals surface area contributed by atoms with Crippen LogP contribution < -0.4 is 5.32 Å². The number of aryl methyl sites for hydroxylation is 1. The second-order valence-corrected chi connectivity index (χ2v) is 6.77. The Morgan fingerprint density at radius 1 is 1.48 bits per heavy atom. The zero-order chi connectivity index (χ0) is 16.4. The maximum absolute atomic E-state index is 12.2. The molecule has 2 aromatic rings. The van der Waals surface area contributed by atoms with E-state index in [-0.39, 0.29) is 17.9 Å².